The van der Waals surface area contributed by atoms with Crippen molar-refractivity contribution in [3.05, 3.63) is 29.8 Å². The van der Waals surface area contributed by atoms with Crippen LogP contribution in [0.3, 0.4) is 0 Å². The fraction of sp³-hybridized carbons (Fsp3) is 0.364. The Morgan fingerprint density at radius 2 is 2.11 bits per heavy atom. The second-order valence-corrected chi connectivity index (χ2v) is 6.10. The molecule has 0 saturated heterocycles. The first-order chi connectivity index (χ1) is 8.95. The van der Waals surface area contributed by atoms with Crippen LogP contribution in [0.15, 0.2) is 29.4 Å². The minimum atomic E-state index is -3.62. The van der Waals surface area contributed by atoms with Crippen LogP contribution < -0.4 is 14.8 Å². The maximum atomic E-state index is 12.1. The SMILES string of the molecule is CN(c1ccccc1/C(N)=N/O)S(=O)(=O)NC1CC1. The third-order valence-corrected chi connectivity index (χ3v) is 4.43. The van der Waals surface area contributed by atoms with Crippen LogP contribution in [-0.4, -0.2) is 32.6 Å². The number of nitrogens with two attached hydrogens (primary N) is 1. The number of nitrogens with zero attached hydrogens (tertiary/aromatic N) is 2. The van der Waals surface area contributed by atoms with Gasteiger partial charge < -0.3 is 10.9 Å². The molecule has 7 nitrogen and oxygen atoms in total. The second-order valence-electron chi connectivity index (χ2n) is 4.37. The number of oxime groups is 1. The molecule has 19 heavy (non-hydrogen) atoms. The summed E-state index contributed by atoms with van der Waals surface area (Å²) in [5, 5.41) is 11.6. The van der Waals surface area contributed by atoms with Crippen LogP contribution in [0, 0.1) is 0 Å². The Kier molecular flexibility index (Phi) is 3.63. The molecule has 0 amide bonds. The van der Waals surface area contributed by atoms with E-state index in [1.165, 1.54) is 7.05 Å². The first-order valence-corrected chi connectivity index (χ1v) is 7.23. The third-order valence-electron chi connectivity index (χ3n) is 2.88. The average Bonchev–Trinajstić information content (AvgIpc) is 3.20. The zero-order valence-electron chi connectivity index (χ0n) is 10.4. The van der Waals surface area contributed by atoms with Crippen molar-refractivity contribution in [3.63, 3.8) is 0 Å². The lowest BCUT2D eigenvalue weighted by Gasteiger charge is -2.22. The Balaban J connectivity index is 2.35. The highest BCUT2D eigenvalue weighted by molar-refractivity contribution is 7.90. The van der Waals surface area contributed by atoms with Crippen molar-refractivity contribution >= 4 is 21.7 Å². The zero-order valence-corrected chi connectivity index (χ0v) is 11.3. The molecule has 2 rings (SSSR count). The van der Waals surface area contributed by atoms with Crippen molar-refractivity contribution in [2.75, 3.05) is 11.4 Å². The van der Waals surface area contributed by atoms with Gasteiger partial charge in [-0.1, -0.05) is 17.3 Å². The molecule has 0 unspecified atom stereocenters. The Labute approximate surface area is 111 Å². The molecular formula is C11H16N4O3S. The van der Waals surface area contributed by atoms with E-state index < -0.39 is 10.2 Å². The Morgan fingerprint density at radius 1 is 1.47 bits per heavy atom. The van der Waals surface area contributed by atoms with Gasteiger partial charge in [-0.2, -0.15) is 13.1 Å². The van der Waals surface area contributed by atoms with Gasteiger partial charge in [0.2, 0.25) is 0 Å². The van der Waals surface area contributed by atoms with E-state index in [0.29, 0.717) is 11.3 Å². The molecule has 0 aliphatic heterocycles. The number of nitrogens with one attached hydrogen (secondary N) is 1. The van der Waals surface area contributed by atoms with Crippen LogP contribution in [0.5, 0.6) is 0 Å². The molecule has 1 saturated carbocycles. The monoisotopic (exact) mass is 284 g/mol. The van der Waals surface area contributed by atoms with Crippen LogP contribution in [0.2, 0.25) is 0 Å². The van der Waals surface area contributed by atoms with Crippen molar-refractivity contribution in [2.24, 2.45) is 10.9 Å². The molecule has 0 radical (unpaired) electrons. The average molecular weight is 284 g/mol. The molecule has 1 aliphatic carbocycles. The molecule has 0 aromatic heterocycles. The molecule has 0 heterocycles. The van der Waals surface area contributed by atoms with Crippen molar-refractivity contribution in [1.82, 2.24) is 4.72 Å². The quantitative estimate of drug-likeness (QED) is 0.311. The summed E-state index contributed by atoms with van der Waals surface area (Å²) >= 11 is 0. The molecule has 1 aliphatic rings. The van der Waals surface area contributed by atoms with Crippen LogP contribution in [0.4, 0.5) is 5.69 Å². The number of para-hydroxylation sites is 1. The largest absolute Gasteiger partial charge is 0.409 e. The lowest BCUT2D eigenvalue weighted by atomic mass is 10.1. The molecule has 0 atom stereocenters. The van der Waals surface area contributed by atoms with Gasteiger partial charge in [0.05, 0.1) is 5.69 Å². The van der Waals surface area contributed by atoms with Gasteiger partial charge in [-0.05, 0) is 25.0 Å². The van der Waals surface area contributed by atoms with E-state index in [1.54, 1.807) is 24.3 Å². The van der Waals surface area contributed by atoms with Crippen molar-refractivity contribution in [2.45, 2.75) is 18.9 Å². The van der Waals surface area contributed by atoms with Crippen LogP contribution in [0.1, 0.15) is 18.4 Å². The number of rotatable bonds is 5. The molecule has 1 fully saturated rings. The number of benzene rings is 1. The number of anilines is 1. The van der Waals surface area contributed by atoms with Gasteiger partial charge in [-0.15, -0.1) is 0 Å². The second kappa shape index (κ2) is 5.06. The predicted molar refractivity (Wildman–Crippen MR) is 72.4 cm³/mol. The molecule has 0 bridgehead atoms. The lowest BCUT2D eigenvalue weighted by Crippen LogP contribution is -2.40. The highest BCUT2D eigenvalue weighted by Gasteiger charge is 2.30. The molecule has 4 N–H and O–H groups in total. The molecular weight excluding hydrogens is 268 g/mol. The van der Waals surface area contributed by atoms with Gasteiger partial charge in [0.25, 0.3) is 0 Å². The Hall–Kier alpha value is -1.80. The van der Waals surface area contributed by atoms with E-state index in [2.05, 4.69) is 9.88 Å². The van der Waals surface area contributed by atoms with Gasteiger partial charge in [-0.25, -0.2) is 0 Å². The van der Waals surface area contributed by atoms with Gasteiger partial charge in [0.15, 0.2) is 5.84 Å². The topological polar surface area (TPSA) is 108 Å². The predicted octanol–water partition coefficient (Wildman–Crippen LogP) is 0.214. The van der Waals surface area contributed by atoms with Crippen molar-refractivity contribution in [1.29, 1.82) is 0 Å². The van der Waals surface area contributed by atoms with Gasteiger partial charge in [0, 0.05) is 18.7 Å². The van der Waals surface area contributed by atoms with Gasteiger partial charge >= 0.3 is 10.2 Å². The summed E-state index contributed by atoms with van der Waals surface area (Å²) in [6.45, 7) is 0. The van der Waals surface area contributed by atoms with Gasteiger partial charge in [0.1, 0.15) is 0 Å². The summed E-state index contributed by atoms with van der Waals surface area (Å²) < 4.78 is 27.9. The van der Waals surface area contributed by atoms with E-state index in [0.717, 1.165) is 17.1 Å². The van der Waals surface area contributed by atoms with E-state index >= 15 is 0 Å². The minimum absolute atomic E-state index is 0.0171. The maximum Gasteiger partial charge on any atom is 0.301 e. The molecule has 1 aromatic rings. The van der Waals surface area contributed by atoms with Crippen LogP contribution >= 0.6 is 0 Å². The first-order valence-electron chi connectivity index (χ1n) is 5.79. The summed E-state index contributed by atoms with van der Waals surface area (Å²) in [5.41, 5.74) is 6.26. The van der Waals surface area contributed by atoms with E-state index in [9.17, 15) is 8.42 Å². The Bertz CT molecular complexity index is 596. The summed E-state index contributed by atoms with van der Waals surface area (Å²) in [5.74, 6) is -0.135. The summed E-state index contributed by atoms with van der Waals surface area (Å²) in [6, 6.07) is 6.58. The normalized spacial score (nSPS) is 16.4. The summed E-state index contributed by atoms with van der Waals surface area (Å²) in [4.78, 5) is 0. The highest BCUT2D eigenvalue weighted by atomic mass is 32.2. The van der Waals surface area contributed by atoms with Crippen molar-refractivity contribution in [3.8, 4) is 0 Å². The molecule has 1 aromatic carbocycles. The number of hydrogen-bond donors (Lipinski definition) is 3. The smallest absolute Gasteiger partial charge is 0.301 e. The summed E-state index contributed by atoms with van der Waals surface area (Å²) in [7, 11) is -2.20. The minimum Gasteiger partial charge on any atom is -0.409 e. The fourth-order valence-corrected chi connectivity index (χ4v) is 2.87. The van der Waals surface area contributed by atoms with E-state index in [1.807, 2.05) is 0 Å². The molecule has 0 spiro atoms. The molecule has 104 valence electrons. The van der Waals surface area contributed by atoms with Gasteiger partial charge in [-0.3, -0.25) is 4.31 Å². The van der Waals surface area contributed by atoms with Crippen LogP contribution in [0.25, 0.3) is 0 Å². The Morgan fingerprint density at radius 3 is 2.68 bits per heavy atom. The molecule has 8 heteroatoms. The van der Waals surface area contributed by atoms with E-state index in [-0.39, 0.29) is 11.9 Å². The number of amidine groups is 1. The first kappa shape index (κ1) is 13.6. The zero-order chi connectivity index (χ0) is 14.0. The standard InChI is InChI=1S/C11H16N4O3S/c1-15(19(17,18)14-8-6-7-8)10-5-3-2-4-9(10)11(12)13-16/h2-5,8,14,16H,6-7H2,1H3,(H2,12,13). The highest BCUT2D eigenvalue weighted by Crippen LogP contribution is 2.24. The van der Waals surface area contributed by atoms with Crippen molar-refractivity contribution < 1.29 is 13.6 Å². The van der Waals surface area contributed by atoms with Crippen LogP contribution in [-0.2, 0) is 10.2 Å². The number of hydrogen-bond acceptors (Lipinski definition) is 4. The lowest BCUT2D eigenvalue weighted by molar-refractivity contribution is 0.318. The maximum absolute atomic E-state index is 12.1. The van der Waals surface area contributed by atoms with E-state index in [4.69, 9.17) is 10.9 Å². The third kappa shape index (κ3) is 2.96. The fourth-order valence-electron chi connectivity index (χ4n) is 1.64. The summed E-state index contributed by atoms with van der Waals surface area (Å²) in [6.07, 6.45) is 1.71.